The molecule has 1 aromatic carbocycles. The summed E-state index contributed by atoms with van der Waals surface area (Å²) >= 11 is 0. The van der Waals surface area contributed by atoms with Gasteiger partial charge in [0.15, 0.2) is 0 Å². The van der Waals surface area contributed by atoms with E-state index >= 15 is 0 Å². The first kappa shape index (κ1) is 30.0. The van der Waals surface area contributed by atoms with E-state index in [2.05, 4.69) is 26.8 Å². The van der Waals surface area contributed by atoms with E-state index in [1.54, 1.807) is 6.07 Å². The molecule has 3 rings (SSSR count). The molecular weight excluding hydrogens is 488 g/mol. The second-order valence-electron chi connectivity index (χ2n) is 12.8. The van der Waals surface area contributed by atoms with Gasteiger partial charge in [0.25, 0.3) is 0 Å². The quantitative estimate of drug-likeness (QED) is 0.153. The first-order valence-corrected chi connectivity index (χ1v) is 15.4. The molecule has 6 nitrogen and oxygen atoms in total. The average Bonchev–Trinajstić information content (AvgIpc) is 2.78. The van der Waals surface area contributed by atoms with Gasteiger partial charge in [0.05, 0.1) is 6.10 Å². The third-order valence-electron chi connectivity index (χ3n) is 9.61. The van der Waals surface area contributed by atoms with Gasteiger partial charge in [-0.25, -0.2) is 4.18 Å². The Kier molecular flexibility index (Phi) is 9.79. The lowest BCUT2D eigenvalue weighted by molar-refractivity contribution is -0.0864. The van der Waals surface area contributed by atoms with Gasteiger partial charge in [0.2, 0.25) is 0 Å². The Labute approximate surface area is 224 Å². The molecule has 2 aliphatic carbocycles. The molecular formula is C30H48O6S. The lowest BCUT2D eigenvalue weighted by Gasteiger charge is -2.58. The number of allylic oxidation sites excluding steroid dienone is 2. The summed E-state index contributed by atoms with van der Waals surface area (Å²) in [5, 5.41) is 19.6. The Morgan fingerprint density at radius 1 is 1.16 bits per heavy atom. The molecule has 5 atom stereocenters. The van der Waals surface area contributed by atoms with Crippen LogP contribution < -0.4 is 0 Å². The molecule has 3 N–H and O–H groups in total. The number of rotatable bonds is 11. The molecule has 37 heavy (non-hydrogen) atoms. The number of hydrogen-bond acceptors (Lipinski definition) is 5. The van der Waals surface area contributed by atoms with Crippen LogP contribution in [-0.4, -0.2) is 29.3 Å². The smallest absolute Gasteiger partial charge is 0.397 e. The minimum Gasteiger partial charge on any atom is -0.508 e. The van der Waals surface area contributed by atoms with Crippen molar-refractivity contribution in [2.45, 2.75) is 111 Å². The fraction of sp³-hybridized carbons (Fsp3) is 0.733. The zero-order valence-corrected chi connectivity index (χ0v) is 24.2. The summed E-state index contributed by atoms with van der Waals surface area (Å²) in [7, 11) is -4.53. The summed E-state index contributed by atoms with van der Waals surface area (Å²) in [6, 6.07) is 4.53. The van der Waals surface area contributed by atoms with Crippen molar-refractivity contribution in [2.24, 2.45) is 28.6 Å². The van der Waals surface area contributed by atoms with Crippen LogP contribution in [0.5, 0.6) is 11.5 Å². The van der Waals surface area contributed by atoms with Crippen LogP contribution in [0.4, 0.5) is 0 Å². The molecule has 210 valence electrons. The molecule has 0 spiro atoms. The van der Waals surface area contributed by atoms with E-state index in [1.807, 2.05) is 13.8 Å². The van der Waals surface area contributed by atoms with Crippen LogP contribution in [0, 0.1) is 28.6 Å². The number of aromatic hydroxyl groups is 2. The van der Waals surface area contributed by atoms with Crippen molar-refractivity contribution in [3.63, 3.8) is 0 Å². The largest absolute Gasteiger partial charge is 0.508 e. The Bertz CT molecular complexity index is 1050. The highest BCUT2D eigenvalue weighted by Gasteiger charge is 2.52. The highest BCUT2D eigenvalue weighted by atomic mass is 32.3. The summed E-state index contributed by atoms with van der Waals surface area (Å²) in [5.41, 5.74) is 2.33. The van der Waals surface area contributed by atoms with Gasteiger partial charge >= 0.3 is 10.4 Å². The predicted octanol–water partition coefficient (Wildman–Crippen LogP) is 7.60. The fourth-order valence-corrected chi connectivity index (χ4v) is 8.05. The summed E-state index contributed by atoms with van der Waals surface area (Å²) in [6.07, 6.45) is 12.4. The van der Waals surface area contributed by atoms with Crippen molar-refractivity contribution in [3.05, 3.63) is 35.4 Å². The van der Waals surface area contributed by atoms with Crippen molar-refractivity contribution in [2.75, 3.05) is 0 Å². The van der Waals surface area contributed by atoms with Crippen LogP contribution in [0.2, 0.25) is 0 Å². The van der Waals surface area contributed by atoms with Crippen molar-refractivity contribution in [3.8, 4) is 11.5 Å². The standard InChI is InChI=1S/C30H48O6S/c1-21(13-14-23-19-25(31)15-16-26(23)32)9-6-10-22(2)27(36-37(33,34)35)20-24-11-7-12-28-29(3,4)17-8-18-30(24,28)5/h13,15-16,19,22,24,27-28,31-32H,6-12,14,17-18,20H2,1-5H3,(H,33,34,35)/b21-13+/t22-,24-,27-,28?,30-/m1/s1. The van der Waals surface area contributed by atoms with E-state index in [9.17, 15) is 23.2 Å². The maximum Gasteiger partial charge on any atom is 0.397 e. The fourth-order valence-electron chi connectivity index (χ4n) is 7.47. The molecule has 0 bridgehead atoms. The minimum atomic E-state index is -4.53. The number of phenolic OH excluding ortho intramolecular Hbond substituents is 2. The number of fused-ring (bicyclic) bond motifs is 1. The van der Waals surface area contributed by atoms with Crippen molar-refractivity contribution >= 4 is 10.4 Å². The van der Waals surface area contributed by atoms with Gasteiger partial charge < -0.3 is 10.2 Å². The van der Waals surface area contributed by atoms with Gasteiger partial charge in [-0.05, 0) is 111 Å². The molecule has 7 heteroatoms. The molecule has 2 saturated carbocycles. The highest BCUT2D eigenvalue weighted by Crippen LogP contribution is 2.61. The molecule has 1 aromatic rings. The number of phenols is 2. The predicted molar refractivity (Wildman–Crippen MR) is 148 cm³/mol. The Morgan fingerprint density at radius 3 is 2.59 bits per heavy atom. The van der Waals surface area contributed by atoms with Gasteiger partial charge in [-0.15, -0.1) is 0 Å². The van der Waals surface area contributed by atoms with Crippen LogP contribution in [0.25, 0.3) is 0 Å². The Hall–Kier alpha value is -1.57. The molecule has 0 aliphatic heterocycles. The first-order valence-electron chi connectivity index (χ1n) is 14.0. The number of hydrogen-bond donors (Lipinski definition) is 3. The minimum absolute atomic E-state index is 0.00887. The SMILES string of the molecule is C/C(=C\Cc1cc(O)ccc1O)CCC[C@@H](C)[C@@H](C[C@H]1CCCC2C(C)(C)CCC[C@@]21C)OS(=O)(=O)O. The van der Waals surface area contributed by atoms with Crippen LogP contribution >= 0.6 is 0 Å². The third kappa shape index (κ3) is 7.96. The summed E-state index contributed by atoms with van der Waals surface area (Å²) < 4.78 is 38.5. The third-order valence-corrected chi connectivity index (χ3v) is 10.1. The molecule has 2 aliphatic rings. The van der Waals surface area contributed by atoms with Crippen LogP contribution in [0.1, 0.15) is 104 Å². The zero-order valence-electron chi connectivity index (χ0n) is 23.4. The van der Waals surface area contributed by atoms with Gasteiger partial charge in [-0.1, -0.05) is 52.2 Å². The summed E-state index contributed by atoms with van der Waals surface area (Å²) in [4.78, 5) is 0. The van der Waals surface area contributed by atoms with E-state index < -0.39 is 16.5 Å². The maximum absolute atomic E-state index is 11.8. The Balaban J connectivity index is 1.62. The Morgan fingerprint density at radius 2 is 1.89 bits per heavy atom. The van der Waals surface area contributed by atoms with Crippen molar-refractivity contribution < 1.29 is 27.4 Å². The number of benzene rings is 1. The molecule has 1 unspecified atom stereocenters. The molecule has 0 saturated heterocycles. The van der Waals surface area contributed by atoms with Gasteiger partial charge in [-0.2, -0.15) is 8.42 Å². The van der Waals surface area contributed by atoms with Crippen LogP contribution in [-0.2, 0) is 21.0 Å². The van der Waals surface area contributed by atoms with Gasteiger partial charge in [0.1, 0.15) is 11.5 Å². The molecule has 0 heterocycles. The molecule has 0 radical (unpaired) electrons. The lowest BCUT2D eigenvalue weighted by atomic mass is 9.48. The zero-order chi connectivity index (χ0) is 27.4. The normalized spacial score (nSPS) is 27.9. The summed E-state index contributed by atoms with van der Waals surface area (Å²) in [6.45, 7) is 11.3. The second-order valence-corrected chi connectivity index (χ2v) is 13.8. The summed E-state index contributed by atoms with van der Waals surface area (Å²) in [5.74, 6) is 1.31. The molecule has 0 aromatic heterocycles. The van der Waals surface area contributed by atoms with Gasteiger partial charge in [0, 0.05) is 5.56 Å². The van der Waals surface area contributed by atoms with Crippen LogP contribution in [0.15, 0.2) is 29.8 Å². The molecule has 2 fully saturated rings. The van der Waals surface area contributed by atoms with E-state index in [0.29, 0.717) is 35.7 Å². The monoisotopic (exact) mass is 536 g/mol. The van der Waals surface area contributed by atoms with E-state index in [4.69, 9.17) is 4.18 Å². The van der Waals surface area contributed by atoms with E-state index in [0.717, 1.165) is 25.7 Å². The van der Waals surface area contributed by atoms with E-state index in [-0.39, 0.29) is 22.8 Å². The van der Waals surface area contributed by atoms with Crippen LogP contribution in [0.3, 0.4) is 0 Å². The van der Waals surface area contributed by atoms with E-state index in [1.165, 1.54) is 49.8 Å². The lowest BCUT2D eigenvalue weighted by Crippen LogP contribution is -2.50. The average molecular weight is 537 g/mol. The van der Waals surface area contributed by atoms with Crippen molar-refractivity contribution in [1.82, 2.24) is 0 Å². The van der Waals surface area contributed by atoms with Crippen molar-refractivity contribution in [1.29, 1.82) is 0 Å². The topological polar surface area (TPSA) is 104 Å². The van der Waals surface area contributed by atoms with Gasteiger partial charge in [-0.3, -0.25) is 4.55 Å². The highest BCUT2D eigenvalue weighted by molar-refractivity contribution is 7.80. The second kappa shape index (κ2) is 12.1. The molecule has 0 amide bonds. The maximum atomic E-state index is 11.8. The first-order chi connectivity index (χ1) is 17.2.